The predicted octanol–water partition coefficient (Wildman–Crippen LogP) is 3.01. The normalized spacial score (nSPS) is 11.2. The first-order valence-corrected chi connectivity index (χ1v) is 7.73. The summed E-state index contributed by atoms with van der Waals surface area (Å²) < 4.78 is 24.6. The number of sulfone groups is 1. The molecular weight excluding hydrogens is 300 g/mol. The summed E-state index contributed by atoms with van der Waals surface area (Å²) in [5.74, 6) is -1.56. The third-order valence-corrected chi connectivity index (χ3v) is 4.92. The van der Waals surface area contributed by atoms with Crippen LogP contribution in [0.2, 0.25) is 5.02 Å². The number of aromatic carboxylic acids is 1. The Hall–Kier alpha value is -1.85. The lowest BCUT2D eigenvalue weighted by Gasteiger charge is -2.08. The van der Waals surface area contributed by atoms with Crippen LogP contribution in [0.5, 0.6) is 0 Å². The highest BCUT2D eigenvalue weighted by Crippen LogP contribution is 2.25. The van der Waals surface area contributed by atoms with Crippen LogP contribution >= 0.6 is 11.6 Å². The molecule has 0 aliphatic heterocycles. The largest absolute Gasteiger partial charge is 0.478 e. The lowest BCUT2D eigenvalue weighted by molar-refractivity contribution is 0.0696. The van der Waals surface area contributed by atoms with Gasteiger partial charge in [-0.15, -0.1) is 0 Å². The van der Waals surface area contributed by atoms with E-state index in [2.05, 4.69) is 0 Å². The van der Waals surface area contributed by atoms with Crippen molar-refractivity contribution in [2.75, 3.05) is 0 Å². The fourth-order valence-electron chi connectivity index (χ4n) is 1.83. The first kappa shape index (κ1) is 14.6. The Kier molecular flexibility index (Phi) is 4.11. The lowest BCUT2D eigenvalue weighted by Crippen LogP contribution is -2.10. The van der Waals surface area contributed by atoms with Crippen molar-refractivity contribution < 1.29 is 18.3 Å². The van der Waals surface area contributed by atoms with Crippen LogP contribution in [0, 0.1) is 0 Å². The number of carbonyl (C=O) groups is 1. The van der Waals surface area contributed by atoms with E-state index >= 15 is 0 Å². The maximum absolute atomic E-state index is 12.3. The van der Waals surface area contributed by atoms with Gasteiger partial charge in [-0.3, -0.25) is 0 Å². The zero-order valence-corrected chi connectivity index (χ0v) is 11.9. The standard InChI is InChI=1S/C14H11ClO4S/c15-12-7-3-4-8-13(12)20(18,19)9-10-5-1-2-6-11(10)14(16)17/h1-8H,9H2,(H,16,17). The van der Waals surface area contributed by atoms with Gasteiger partial charge in [0.2, 0.25) is 0 Å². The molecule has 0 spiro atoms. The van der Waals surface area contributed by atoms with Gasteiger partial charge >= 0.3 is 5.97 Å². The molecule has 0 radical (unpaired) electrons. The molecule has 0 unspecified atom stereocenters. The number of carboxylic acids is 1. The molecule has 104 valence electrons. The molecular formula is C14H11ClO4S. The zero-order chi connectivity index (χ0) is 14.8. The van der Waals surface area contributed by atoms with E-state index in [4.69, 9.17) is 16.7 Å². The monoisotopic (exact) mass is 310 g/mol. The molecule has 2 rings (SSSR count). The summed E-state index contributed by atoms with van der Waals surface area (Å²) in [5.41, 5.74) is 0.211. The van der Waals surface area contributed by atoms with Crippen LogP contribution < -0.4 is 0 Å². The molecule has 2 aromatic carbocycles. The summed E-state index contributed by atoms with van der Waals surface area (Å²) >= 11 is 5.88. The van der Waals surface area contributed by atoms with Crippen LogP contribution in [0.25, 0.3) is 0 Å². The summed E-state index contributed by atoms with van der Waals surface area (Å²) in [4.78, 5) is 11.1. The number of benzene rings is 2. The number of rotatable bonds is 4. The van der Waals surface area contributed by atoms with E-state index in [0.29, 0.717) is 0 Å². The average Bonchev–Trinajstić information content (AvgIpc) is 2.39. The molecule has 0 aromatic heterocycles. The maximum atomic E-state index is 12.3. The van der Waals surface area contributed by atoms with E-state index < -0.39 is 21.6 Å². The lowest BCUT2D eigenvalue weighted by atomic mass is 10.1. The van der Waals surface area contributed by atoms with E-state index in [1.54, 1.807) is 24.3 Å². The first-order chi connectivity index (χ1) is 9.42. The second kappa shape index (κ2) is 5.64. The molecule has 0 amide bonds. The summed E-state index contributed by atoms with van der Waals surface area (Å²) in [5, 5.41) is 9.19. The highest BCUT2D eigenvalue weighted by molar-refractivity contribution is 7.90. The minimum Gasteiger partial charge on any atom is -0.478 e. The van der Waals surface area contributed by atoms with Crippen molar-refractivity contribution in [3.63, 3.8) is 0 Å². The second-order valence-corrected chi connectivity index (χ2v) is 6.52. The van der Waals surface area contributed by atoms with Gasteiger partial charge in [0.15, 0.2) is 9.84 Å². The first-order valence-electron chi connectivity index (χ1n) is 5.70. The Morgan fingerprint density at radius 3 is 2.30 bits per heavy atom. The summed E-state index contributed by atoms with van der Waals surface area (Å²) in [6.07, 6.45) is 0. The molecule has 0 aliphatic carbocycles. The molecule has 0 fully saturated rings. The third-order valence-electron chi connectivity index (χ3n) is 2.77. The molecule has 0 heterocycles. The molecule has 0 aliphatic rings. The van der Waals surface area contributed by atoms with E-state index in [1.165, 1.54) is 24.3 Å². The quantitative estimate of drug-likeness (QED) is 0.942. The third kappa shape index (κ3) is 3.00. The van der Waals surface area contributed by atoms with Gasteiger partial charge in [-0.05, 0) is 23.8 Å². The van der Waals surface area contributed by atoms with Gasteiger partial charge in [-0.1, -0.05) is 41.9 Å². The SMILES string of the molecule is O=C(O)c1ccccc1CS(=O)(=O)c1ccccc1Cl. The topological polar surface area (TPSA) is 71.4 Å². The predicted molar refractivity (Wildman–Crippen MR) is 75.7 cm³/mol. The van der Waals surface area contributed by atoms with Gasteiger partial charge in [0, 0.05) is 0 Å². The van der Waals surface area contributed by atoms with Gasteiger partial charge in [-0.2, -0.15) is 0 Å². The Morgan fingerprint density at radius 1 is 1.05 bits per heavy atom. The minimum absolute atomic E-state index is 0.00172. The van der Waals surface area contributed by atoms with Gasteiger partial charge in [0.25, 0.3) is 0 Å². The van der Waals surface area contributed by atoms with Crippen molar-refractivity contribution in [2.24, 2.45) is 0 Å². The van der Waals surface area contributed by atoms with Crippen molar-refractivity contribution in [3.05, 3.63) is 64.7 Å². The second-order valence-electron chi connectivity index (χ2n) is 4.15. The smallest absolute Gasteiger partial charge is 0.335 e. The van der Waals surface area contributed by atoms with Crippen LogP contribution in [0.3, 0.4) is 0 Å². The number of hydrogen-bond donors (Lipinski definition) is 1. The summed E-state index contributed by atoms with van der Waals surface area (Å²) in [6.45, 7) is 0. The highest BCUT2D eigenvalue weighted by Gasteiger charge is 2.21. The van der Waals surface area contributed by atoms with Gasteiger partial charge in [0.05, 0.1) is 21.2 Å². The van der Waals surface area contributed by atoms with Crippen molar-refractivity contribution in [3.8, 4) is 0 Å². The molecule has 4 nitrogen and oxygen atoms in total. The highest BCUT2D eigenvalue weighted by atomic mass is 35.5. The Balaban J connectivity index is 2.45. The molecule has 0 saturated carbocycles. The van der Waals surface area contributed by atoms with Crippen LogP contribution in [0.15, 0.2) is 53.4 Å². The summed E-state index contributed by atoms with van der Waals surface area (Å²) in [7, 11) is -3.70. The Bertz CT molecular complexity index is 753. The summed E-state index contributed by atoms with van der Waals surface area (Å²) in [6, 6.07) is 12.1. The fourth-order valence-corrected chi connectivity index (χ4v) is 3.79. The molecule has 6 heteroatoms. The van der Waals surface area contributed by atoms with Crippen LogP contribution in [0.1, 0.15) is 15.9 Å². The molecule has 2 aromatic rings. The van der Waals surface area contributed by atoms with Crippen molar-refractivity contribution >= 4 is 27.4 Å². The van der Waals surface area contributed by atoms with Crippen LogP contribution in [0.4, 0.5) is 0 Å². The molecule has 0 bridgehead atoms. The fraction of sp³-hybridized carbons (Fsp3) is 0.0714. The minimum atomic E-state index is -3.70. The van der Waals surface area contributed by atoms with Crippen molar-refractivity contribution in [1.82, 2.24) is 0 Å². The van der Waals surface area contributed by atoms with Crippen LogP contribution in [-0.2, 0) is 15.6 Å². The van der Waals surface area contributed by atoms with E-state index in [9.17, 15) is 13.2 Å². The number of halogens is 1. The van der Waals surface area contributed by atoms with E-state index in [-0.39, 0.29) is 21.0 Å². The van der Waals surface area contributed by atoms with Gasteiger partial charge < -0.3 is 5.11 Å². The van der Waals surface area contributed by atoms with Gasteiger partial charge in [-0.25, -0.2) is 13.2 Å². The van der Waals surface area contributed by atoms with E-state index in [0.717, 1.165) is 0 Å². The van der Waals surface area contributed by atoms with Gasteiger partial charge in [0.1, 0.15) is 0 Å². The Labute approximate surface area is 121 Å². The molecule has 1 N–H and O–H groups in total. The molecule has 0 saturated heterocycles. The molecule has 20 heavy (non-hydrogen) atoms. The van der Waals surface area contributed by atoms with Crippen molar-refractivity contribution in [2.45, 2.75) is 10.6 Å². The zero-order valence-electron chi connectivity index (χ0n) is 10.3. The molecule has 0 atom stereocenters. The maximum Gasteiger partial charge on any atom is 0.335 e. The Morgan fingerprint density at radius 2 is 1.65 bits per heavy atom. The van der Waals surface area contributed by atoms with Crippen LogP contribution in [-0.4, -0.2) is 19.5 Å². The number of hydrogen-bond acceptors (Lipinski definition) is 3. The van der Waals surface area contributed by atoms with E-state index in [1.807, 2.05) is 0 Å². The van der Waals surface area contributed by atoms with Crippen molar-refractivity contribution in [1.29, 1.82) is 0 Å². The number of carboxylic acid groups (broad SMARTS) is 1. The average molecular weight is 311 g/mol.